The summed E-state index contributed by atoms with van der Waals surface area (Å²) in [7, 11) is 4.05. The van der Waals surface area contributed by atoms with E-state index in [1.54, 1.807) is 0 Å². The summed E-state index contributed by atoms with van der Waals surface area (Å²) in [6, 6.07) is 4.14. The van der Waals surface area contributed by atoms with Gasteiger partial charge in [-0.3, -0.25) is 4.79 Å². The van der Waals surface area contributed by atoms with E-state index >= 15 is 0 Å². The number of carbonyl (C=O) groups excluding carboxylic acids is 1. The summed E-state index contributed by atoms with van der Waals surface area (Å²) in [6.45, 7) is 9.81. The van der Waals surface area contributed by atoms with Crippen LogP contribution in [0.2, 0.25) is 0 Å². The van der Waals surface area contributed by atoms with Gasteiger partial charge in [0, 0.05) is 50.4 Å². The Bertz CT molecular complexity index is 787. The van der Waals surface area contributed by atoms with Gasteiger partial charge in [0.2, 0.25) is 5.91 Å². The number of anilines is 1. The Kier molecular flexibility index (Phi) is 4.30. The molecule has 1 fully saturated rings. The van der Waals surface area contributed by atoms with Gasteiger partial charge in [-0.15, -0.1) is 0 Å². The third-order valence-corrected chi connectivity index (χ3v) is 5.16. The summed E-state index contributed by atoms with van der Waals surface area (Å²) in [4.78, 5) is 21.9. The van der Waals surface area contributed by atoms with E-state index < -0.39 is 0 Å². The molecule has 0 aromatic carbocycles. The van der Waals surface area contributed by atoms with Crippen LogP contribution >= 0.6 is 0 Å². The van der Waals surface area contributed by atoms with Crippen LogP contribution in [0, 0.1) is 5.41 Å². The Morgan fingerprint density at radius 1 is 1.32 bits per heavy atom. The van der Waals surface area contributed by atoms with Crippen LogP contribution in [0.25, 0.3) is 5.52 Å². The van der Waals surface area contributed by atoms with Gasteiger partial charge in [0.05, 0.1) is 11.2 Å². The van der Waals surface area contributed by atoms with Gasteiger partial charge in [0.15, 0.2) is 5.82 Å². The van der Waals surface area contributed by atoms with Gasteiger partial charge in [-0.2, -0.15) is 0 Å². The van der Waals surface area contributed by atoms with Gasteiger partial charge in [0.1, 0.15) is 0 Å². The zero-order chi connectivity index (χ0) is 18.4. The fourth-order valence-corrected chi connectivity index (χ4v) is 3.74. The lowest BCUT2D eigenvalue weighted by Gasteiger charge is -2.42. The maximum Gasteiger partial charge on any atom is 0.227 e. The molecule has 2 aromatic rings. The average Bonchev–Trinajstić information content (AvgIpc) is 3.00. The highest BCUT2D eigenvalue weighted by Crippen LogP contribution is 2.35. The molecule has 25 heavy (non-hydrogen) atoms. The van der Waals surface area contributed by atoms with E-state index in [4.69, 9.17) is 4.98 Å². The van der Waals surface area contributed by atoms with Crippen molar-refractivity contribution in [1.29, 1.82) is 0 Å². The monoisotopic (exact) mass is 342 g/mol. The van der Waals surface area contributed by atoms with Crippen LogP contribution in [0.5, 0.6) is 0 Å². The Labute approximate surface area is 150 Å². The molecule has 1 saturated heterocycles. The largest absolute Gasteiger partial charge is 0.361 e. The van der Waals surface area contributed by atoms with E-state index in [-0.39, 0.29) is 16.7 Å². The summed E-state index contributed by atoms with van der Waals surface area (Å²) >= 11 is 0. The first kappa shape index (κ1) is 17.8. The zero-order valence-corrected chi connectivity index (χ0v) is 16.3. The Morgan fingerprint density at radius 2 is 2.04 bits per heavy atom. The second-order valence-electron chi connectivity index (χ2n) is 8.79. The molecular weight excluding hydrogens is 312 g/mol. The molecule has 3 heterocycles. The smallest absolute Gasteiger partial charge is 0.227 e. The first-order valence-electron chi connectivity index (χ1n) is 9.07. The maximum absolute atomic E-state index is 12.8. The molecule has 1 amide bonds. The molecule has 0 bridgehead atoms. The summed E-state index contributed by atoms with van der Waals surface area (Å²) in [5, 5.41) is 0. The lowest BCUT2D eigenvalue weighted by molar-refractivity contribution is -0.141. The molecule has 0 saturated carbocycles. The van der Waals surface area contributed by atoms with Crippen LogP contribution in [0.4, 0.5) is 5.82 Å². The number of aromatic nitrogens is 2. The van der Waals surface area contributed by atoms with Crippen molar-refractivity contribution in [2.24, 2.45) is 5.41 Å². The van der Waals surface area contributed by atoms with Crippen LogP contribution in [0.1, 0.15) is 46.2 Å². The molecule has 0 spiro atoms. The number of amides is 1. The van der Waals surface area contributed by atoms with Crippen LogP contribution in [0.15, 0.2) is 24.5 Å². The molecule has 0 unspecified atom stereocenters. The van der Waals surface area contributed by atoms with Gasteiger partial charge in [-0.1, -0.05) is 27.7 Å². The number of carbonyl (C=O) groups is 1. The Morgan fingerprint density at radius 3 is 2.68 bits per heavy atom. The standard InChI is InChI=1S/C20H30N4O/c1-19(2,3)18(25)24-12-8-10-20(4,14-24)16-13-23-11-7-9-15(23)17(21-16)22(5)6/h7,9,11,13H,8,10,12,14H2,1-6H3/t20-/m1/s1. The quantitative estimate of drug-likeness (QED) is 0.840. The van der Waals surface area contributed by atoms with Crippen molar-refractivity contribution in [2.75, 3.05) is 32.1 Å². The number of hydrogen-bond donors (Lipinski definition) is 0. The van der Waals surface area contributed by atoms with Gasteiger partial charge in [-0.25, -0.2) is 4.98 Å². The molecule has 3 rings (SSSR count). The molecule has 0 radical (unpaired) electrons. The summed E-state index contributed by atoms with van der Waals surface area (Å²) in [6.07, 6.45) is 6.26. The molecule has 0 N–H and O–H groups in total. The Balaban J connectivity index is 1.99. The first-order valence-corrected chi connectivity index (χ1v) is 9.07. The highest BCUT2D eigenvalue weighted by molar-refractivity contribution is 5.81. The number of piperidine rings is 1. The molecule has 0 aliphatic carbocycles. The van der Waals surface area contributed by atoms with E-state index in [1.165, 1.54) is 0 Å². The minimum Gasteiger partial charge on any atom is -0.361 e. The van der Waals surface area contributed by atoms with Crippen LogP contribution in [0.3, 0.4) is 0 Å². The second-order valence-corrected chi connectivity index (χ2v) is 8.79. The lowest BCUT2D eigenvalue weighted by atomic mass is 9.78. The molecule has 2 aromatic heterocycles. The van der Waals surface area contributed by atoms with Crippen LogP contribution in [-0.2, 0) is 10.2 Å². The maximum atomic E-state index is 12.8. The topological polar surface area (TPSA) is 40.9 Å². The second kappa shape index (κ2) is 6.04. The van der Waals surface area contributed by atoms with Crippen molar-refractivity contribution in [2.45, 2.75) is 46.0 Å². The van der Waals surface area contributed by atoms with Crippen molar-refractivity contribution >= 4 is 17.2 Å². The predicted octanol–water partition coefficient (Wildman–Crippen LogP) is 3.33. The van der Waals surface area contributed by atoms with Crippen molar-refractivity contribution in [1.82, 2.24) is 14.3 Å². The fourth-order valence-electron chi connectivity index (χ4n) is 3.74. The van der Waals surface area contributed by atoms with Crippen molar-refractivity contribution in [3.63, 3.8) is 0 Å². The predicted molar refractivity (Wildman–Crippen MR) is 102 cm³/mol. The molecule has 5 nitrogen and oxygen atoms in total. The Hall–Kier alpha value is -2.04. The van der Waals surface area contributed by atoms with Crippen molar-refractivity contribution in [3.8, 4) is 0 Å². The minimum absolute atomic E-state index is 0.123. The van der Waals surface area contributed by atoms with Gasteiger partial charge in [0.25, 0.3) is 0 Å². The molecule has 1 aliphatic heterocycles. The van der Waals surface area contributed by atoms with Gasteiger partial charge >= 0.3 is 0 Å². The average molecular weight is 342 g/mol. The van der Waals surface area contributed by atoms with Gasteiger partial charge < -0.3 is 14.2 Å². The number of likely N-dealkylation sites (tertiary alicyclic amines) is 1. The first-order chi connectivity index (χ1) is 11.6. The van der Waals surface area contributed by atoms with E-state index in [0.717, 1.165) is 43.0 Å². The highest BCUT2D eigenvalue weighted by Gasteiger charge is 2.39. The van der Waals surface area contributed by atoms with Crippen molar-refractivity contribution in [3.05, 3.63) is 30.2 Å². The summed E-state index contributed by atoms with van der Waals surface area (Å²) < 4.78 is 2.15. The SMILES string of the molecule is CN(C)c1nc([C@]2(C)CCCN(C(=O)C(C)(C)C)C2)cn2cccc12. The molecule has 136 valence electrons. The highest BCUT2D eigenvalue weighted by atomic mass is 16.2. The summed E-state index contributed by atoms with van der Waals surface area (Å²) in [5.74, 6) is 1.20. The van der Waals surface area contributed by atoms with E-state index in [1.807, 2.05) is 45.8 Å². The third-order valence-electron chi connectivity index (χ3n) is 5.16. The molecule has 5 heteroatoms. The van der Waals surface area contributed by atoms with Crippen molar-refractivity contribution < 1.29 is 4.79 Å². The number of fused-ring (bicyclic) bond motifs is 1. The molecule has 1 aliphatic rings. The van der Waals surface area contributed by atoms with Crippen LogP contribution < -0.4 is 4.90 Å². The van der Waals surface area contributed by atoms with E-state index in [9.17, 15) is 4.79 Å². The number of rotatable bonds is 2. The van der Waals surface area contributed by atoms with Gasteiger partial charge in [-0.05, 0) is 25.0 Å². The number of nitrogens with zero attached hydrogens (tertiary/aromatic N) is 4. The molecular formula is C20H30N4O. The van der Waals surface area contributed by atoms with E-state index in [0.29, 0.717) is 0 Å². The third kappa shape index (κ3) is 3.24. The normalized spacial score (nSPS) is 21.6. The lowest BCUT2D eigenvalue weighted by Crippen LogP contribution is -2.50. The zero-order valence-electron chi connectivity index (χ0n) is 16.3. The summed E-state index contributed by atoms with van der Waals surface area (Å²) in [5.41, 5.74) is 1.70. The van der Waals surface area contributed by atoms with E-state index in [2.05, 4.69) is 34.7 Å². The minimum atomic E-state index is -0.342. The van der Waals surface area contributed by atoms with Crippen LogP contribution in [-0.4, -0.2) is 47.4 Å². The number of hydrogen-bond acceptors (Lipinski definition) is 3. The molecule has 1 atom stereocenters. The fraction of sp³-hybridized carbons (Fsp3) is 0.600.